The van der Waals surface area contributed by atoms with Gasteiger partial charge in [-0.15, -0.1) is 0 Å². The van der Waals surface area contributed by atoms with Crippen LogP contribution in [0.5, 0.6) is 0 Å². The SMILES string of the molecule is [CH3][Ge]([CH3])([CH3])[c]1cnc(-c2ccccc2)cc1C1CCCCC1. The Hall–Kier alpha value is -1.09. The molecule has 0 bridgehead atoms. The van der Waals surface area contributed by atoms with Crippen molar-refractivity contribution in [3.63, 3.8) is 0 Å². The molecule has 0 N–H and O–H groups in total. The van der Waals surface area contributed by atoms with Crippen molar-refractivity contribution >= 4 is 17.7 Å². The standard InChI is InChI=1S/C20H27GeN/c1-21(2,3)19-15-22-20(17-12-8-5-9-13-17)14-18(19)16-10-6-4-7-11-16/h5,8-9,12-16H,4,6-7,10-11H2,1-3H3. The number of hydrogen-bond acceptors (Lipinski definition) is 1. The minimum atomic E-state index is -1.88. The van der Waals surface area contributed by atoms with E-state index in [0.717, 1.165) is 11.6 Å². The van der Waals surface area contributed by atoms with E-state index in [9.17, 15) is 0 Å². The van der Waals surface area contributed by atoms with Gasteiger partial charge in [0.1, 0.15) is 0 Å². The second-order valence-corrected chi connectivity index (χ2v) is 18.2. The number of pyridine rings is 1. The van der Waals surface area contributed by atoms with Crippen molar-refractivity contribution in [2.45, 2.75) is 55.3 Å². The van der Waals surface area contributed by atoms with Crippen LogP contribution in [-0.4, -0.2) is 18.3 Å². The van der Waals surface area contributed by atoms with Gasteiger partial charge < -0.3 is 0 Å². The molecule has 1 fully saturated rings. The molecule has 1 saturated carbocycles. The first kappa shape index (κ1) is 15.8. The predicted octanol–water partition coefficient (Wildman–Crippen LogP) is 5.34. The molecule has 116 valence electrons. The van der Waals surface area contributed by atoms with E-state index in [-0.39, 0.29) is 0 Å². The van der Waals surface area contributed by atoms with E-state index in [4.69, 9.17) is 4.98 Å². The van der Waals surface area contributed by atoms with Crippen LogP contribution in [0.15, 0.2) is 42.6 Å². The summed E-state index contributed by atoms with van der Waals surface area (Å²) in [6, 6.07) is 13.0. The van der Waals surface area contributed by atoms with E-state index < -0.39 is 13.3 Å². The van der Waals surface area contributed by atoms with Crippen molar-refractivity contribution < 1.29 is 0 Å². The Morgan fingerprint density at radius 2 is 1.64 bits per heavy atom. The molecule has 22 heavy (non-hydrogen) atoms. The van der Waals surface area contributed by atoms with Crippen LogP contribution in [0.2, 0.25) is 17.3 Å². The van der Waals surface area contributed by atoms with Crippen LogP contribution in [0.3, 0.4) is 0 Å². The molecule has 2 aromatic rings. The molecule has 1 aliphatic rings. The van der Waals surface area contributed by atoms with Crippen molar-refractivity contribution in [1.29, 1.82) is 0 Å². The zero-order valence-electron chi connectivity index (χ0n) is 14.1. The summed E-state index contributed by atoms with van der Waals surface area (Å²) in [5.41, 5.74) is 4.02. The first-order chi connectivity index (χ1) is 10.6. The molecule has 0 amide bonds. The van der Waals surface area contributed by atoms with Gasteiger partial charge in [-0.25, -0.2) is 0 Å². The Morgan fingerprint density at radius 1 is 0.955 bits per heavy atom. The van der Waals surface area contributed by atoms with Gasteiger partial charge in [0, 0.05) is 0 Å². The predicted molar refractivity (Wildman–Crippen MR) is 98.5 cm³/mol. The fourth-order valence-corrected chi connectivity index (χ4v) is 6.96. The molecule has 1 heterocycles. The van der Waals surface area contributed by atoms with Crippen LogP contribution < -0.4 is 4.40 Å². The second kappa shape index (κ2) is 6.58. The third kappa shape index (κ3) is 3.45. The molecule has 0 spiro atoms. The van der Waals surface area contributed by atoms with Gasteiger partial charge in [-0.3, -0.25) is 0 Å². The molecule has 0 radical (unpaired) electrons. The molecular formula is C20H27GeN. The molecule has 0 aliphatic heterocycles. The Kier molecular flexibility index (Phi) is 4.72. The molecular weight excluding hydrogens is 327 g/mol. The maximum absolute atomic E-state index is 4.82. The van der Waals surface area contributed by atoms with E-state index >= 15 is 0 Å². The number of aromatic nitrogens is 1. The Balaban J connectivity index is 2.06. The van der Waals surface area contributed by atoms with Crippen LogP contribution >= 0.6 is 0 Å². The van der Waals surface area contributed by atoms with Gasteiger partial charge in [-0.1, -0.05) is 0 Å². The van der Waals surface area contributed by atoms with Gasteiger partial charge in [-0.05, 0) is 0 Å². The fourth-order valence-electron chi connectivity index (χ4n) is 3.62. The van der Waals surface area contributed by atoms with E-state index in [2.05, 4.69) is 59.9 Å². The molecule has 1 aliphatic carbocycles. The minimum absolute atomic E-state index is 0.763. The summed E-state index contributed by atoms with van der Waals surface area (Å²) in [7, 11) is 0. The zero-order chi connectivity index (χ0) is 15.6. The first-order valence-electron chi connectivity index (χ1n) is 8.61. The summed E-state index contributed by atoms with van der Waals surface area (Å²) in [6.07, 6.45) is 9.15. The van der Waals surface area contributed by atoms with Gasteiger partial charge in [0.25, 0.3) is 0 Å². The number of nitrogens with zero attached hydrogens (tertiary/aromatic N) is 1. The first-order valence-corrected chi connectivity index (χ1v) is 16.0. The third-order valence-electron chi connectivity index (χ3n) is 4.86. The molecule has 0 atom stereocenters. The van der Waals surface area contributed by atoms with Crippen LogP contribution in [0.1, 0.15) is 43.6 Å². The van der Waals surface area contributed by atoms with Crippen molar-refractivity contribution in [3.05, 3.63) is 48.2 Å². The number of rotatable bonds is 3. The third-order valence-corrected chi connectivity index (χ3v) is 9.13. The van der Waals surface area contributed by atoms with Crippen molar-refractivity contribution in [2.75, 3.05) is 0 Å². The van der Waals surface area contributed by atoms with Gasteiger partial charge in [0.05, 0.1) is 0 Å². The molecule has 1 aromatic heterocycles. The van der Waals surface area contributed by atoms with E-state index in [1.807, 2.05) is 0 Å². The maximum atomic E-state index is 4.82. The zero-order valence-corrected chi connectivity index (χ0v) is 16.2. The van der Waals surface area contributed by atoms with Crippen molar-refractivity contribution in [1.82, 2.24) is 4.98 Å². The molecule has 0 saturated heterocycles. The van der Waals surface area contributed by atoms with Gasteiger partial charge >= 0.3 is 137 Å². The van der Waals surface area contributed by atoms with E-state index in [1.54, 1.807) is 9.96 Å². The quantitative estimate of drug-likeness (QED) is 0.678. The van der Waals surface area contributed by atoms with Crippen LogP contribution in [0, 0.1) is 0 Å². The number of benzene rings is 1. The van der Waals surface area contributed by atoms with E-state index in [1.165, 1.54) is 37.7 Å². The number of hydrogen-bond donors (Lipinski definition) is 0. The summed E-state index contributed by atoms with van der Waals surface area (Å²) in [5, 5.41) is 0. The Morgan fingerprint density at radius 3 is 2.27 bits per heavy atom. The summed E-state index contributed by atoms with van der Waals surface area (Å²) in [4.78, 5) is 4.82. The van der Waals surface area contributed by atoms with Gasteiger partial charge in [0.15, 0.2) is 0 Å². The summed E-state index contributed by atoms with van der Waals surface area (Å²) >= 11 is -1.88. The summed E-state index contributed by atoms with van der Waals surface area (Å²) in [6.45, 7) is 0. The van der Waals surface area contributed by atoms with Crippen LogP contribution in [0.4, 0.5) is 0 Å². The van der Waals surface area contributed by atoms with Crippen LogP contribution in [0.25, 0.3) is 11.3 Å². The van der Waals surface area contributed by atoms with Crippen molar-refractivity contribution in [3.8, 4) is 11.3 Å². The van der Waals surface area contributed by atoms with E-state index in [0.29, 0.717) is 0 Å². The average Bonchev–Trinajstić information content (AvgIpc) is 2.55. The average molecular weight is 354 g/mol. The topological polar surface area (TPSA) is 12.9 Å². The summed E-state index contributed by atoms with van der Waals surface area (Å²) in [5.74, 6) is 8.24. The molecule has 1 aromatic carbocycles. The van der Waals surface area contributed by atoms with Gasteiger partial charge in [0.2, 0.25) is 0 Å². The second-order valence-electron chi connectivity index (χ2n) is 7.61. The Bertz CT molecular complexity index is 622. The molecule has 1 nitrogen and oxygen atoms in total. The molecule has 0 unspecified atom stereocenters. The monoisotopic (exact) mass is 355 g/mol. The molecule has 3 rings (SSSR count). The molecule has 2 heteroatoms. The van der Waals surface area contributed by atoms with Crippen molar-refractivity contribution in [2.24, 2.45) is 0 Å². The van der Waals surface area contributed by atoms with Crippen LogP contribution in [-0.2, 0) is 0 Å². The summed E-state index contributed by atoms with van der Waals surface area (Å²) < 4.78 is 1.62. The normalized spacial score (nSPS) is 16.7. The van der Waals surface area contributed by atoms with Gasteiger partial charge in [-0.2, -0.15) is 0 Å². The Labute approximate surface area is 137 Å². The fraction of sp³-hybridized carbons (Fsp3) is 0.450.